The Kier molecular flexibility index (Phi) is 7.33. The number of ether oxygens (including phenoxy) is 1. The van der Waals surface area contributed by atoms with Crippen molar-refractivity contribution in [3.63, 3.8) is 0 Å². The maximum atomic E-state index is 13.0. The van der Waals surface area contributed by atoms with E-state index in [1.54, 1.807) is 18.2 Å². The Labute approximate surface area is 193 Å². The average Bonchev–Trinajstić information content (AvgIpc) is 2.81. The van der Waals surface area contributed by atoms with Gasteiger partial charge in [0.1, 0.15) is 5.82 Å². The van der Waals surface area contributed by atoms with Crippen molar-refractivity contribution >= 4 is 40.6 Å². The second-order valence-electron chi connectivity index (χ2n) is 8.20. The third-order valence-corrected chi connectivity index (χ3v) is 6.76. The molecule has 0 aliphatic carbocycles. The van der Waals surface area contributed by atoms with Gasteiger partial charge in [-0.2, -0.15) is 0 Å². The number of amides is 1. The molecule has 0 unspecified atom stereocenters. The molecule has 0 atom stereocenters. The summed E-state index contributed by atoms with van der Waals surface area (Å²) in [5.74, 6) is 0.214. The van der Waals surface area contributed by atoms with Crippen LogP contribution in [0.25, 0.3) is 0 Å². The third kappa shape index (κ3) is 5.50. The number of aromatic nitrogens is 1. The summed E-state index contributed by atoms with van der Waals surface area (Å²) >= 11 is 12.1. The number of rotatable bonds is 5. The highest BCUT2D eigenvalue weighted by molar-refractivity contribution is 6.31. The van der Waals surface area contributed by atoms with Crippen LogP contribution in [-0.2, 0) is 4.74 Å². The van der Waals surface area contributed by atoms with E-state index < -0.39 is 0 Å². The van der Waals surface area contributed by atoms with Crippen LogP contribution in [0.15, 0.2) is 36.5 Å². The zero-order chi connectivity index (χ0) is 21.8. The molecule has 3 heterocycles. The molecule has 1 aromatic heterocycles. The molecule has 4 rings (SSSR count). The van der Waals surface area contributed by atoms with Gasteiger partial charge in [-0.25, -0.2) is 4.98 Å². The Bertz CT molecular complexity index is 895. The van der Waals surface area contributed by atoms with E-state index in [2.05, 4.69) is 27.1 Å². The lowest BCUT2D eigenvalue weighted by Gasteiger charge is -2.42. The van der Waals surface area contributed by atoms with Crippen molar-refractivity contribution in [3.8, 4) is 0 Å². The van der Waals surface area contributed by atoms with Crippen LogP contribution >= 0.6 is 23.2 Å². The topological polar surface area (TPSA) is 57.7 Å². The van der Waals surface area contributed by atoms with Crippen molar-refractivity contribution in [3.05, 3.63) is 52.1 Å². The molecule has 0 saturated carbocycles. The first-order chi connectivity index (χ1) is 15.0. The molecule has 1 aromatic carbocycles. The van der Waals surface area contributed by atoms with Crippen LogP contribution in [0, 0.1) is 0 Å². The van der Waals surface area contributed by atoms with Gasteiger partial charge in [-0.05, 0) is 56.0 Å². The van der Waals surface area contributed by atoms with Crippen molar-refractivity contribution in [2.45, 2.75) is 37.8 Å². The van der Waals surface area contributed by atoms with E-state index in [-0.39, 0.29) is 5.91 Å². The lowest BCUT2D eigenvalue weighted by Crippen LogP contribution is -2.48. The summed E-state index contributed by atoms with van der Waals surface area (Å²) in [6.07, 6.45) is 5.89. The maximum absolute atomic E-state index is 13.0. The van der Waals surface area contributed by atoms with E-state index in [1.165, 1.54) is 6.20 Å². The monoisotopic (exact) mass is 462 g/mol. The minimum atomic E-state index is -0.237. The summed E-state index contributed by atoms with van der Waals surface area (Å²) in [6, 6.07) is 9.87. The van der Waals surface area contributed by atoms with Crippen LogP contribution in [0.1, 0.15) is 36.0 Å². The molecule has 166 valence electrons. The molecular formula is C23H28Cl2N4O2. The number of anilines is 2. The molecule has 2 aliphatic heterocycles. The van der Waals surface area contributed by atoms with Gasteiger partial charge in [0.2, 0.25) is 0 Å². The molecule has 0 bridgehead atoms. The fraction of sp³-hybridized carbons (Fsp3) is 0.478. The molecule has 0 radical (unpaired) electrons. The number of carbonyl (C=O) groups is 1. The highest BCUT2D eigenvalue weighted by Crippen LogP contribution is 2.30. The number of hydrogen-bond acceptors (Lipinski definition) is 5. The van der Waals surface area contributed by atoms with Crippen LogP contribution in [0.2, 0.25) is 10.0 Å². The lowest BCUT2D eigenvalue weighted by atomic mass is 9.98. The maximum Gasteiger partial charge on any atom is 0.258 e. The second-order valence-corrected chi connectivity index (χ2v) is 9.07. The normalized spacial score (nSPS) is 18.7. The SMILES string of the molecule is CN(c1ccc(Cl)cc1C(=O)Nc1ccc(Cl)cn1)C1CCN(C2CCOCC2)CC1. The Morgan fingerprint density at radius 2 is 1.81 bits per heavy atom. The average molecular weight is 463 g/mol. The fourth-order valence-electron chi connectivity index (χ4n) is 4.52. The summed E-state index contributed by atoms with van der Waals surface area (Å²) in [7, 11) is 2.06. The van der Waals surface area contributed by atoms with Crippen LogP contribution in [-0.4, -0.2) is 61.2 Å². The number of nitrogens with one attached hydrogen (secondary N) is 1. The van der Waals surface area contributed by atoms with Crippen LogP contribution < -0.4 is 10.2 Å². The van der Waals surface area contributed by atoms with Gasteiger partial charge in [-0.1, -0.05) is 23.2 Å². The summed E-state index contributed by atoms with van der Waals surface area (Å²) in [4.78, 5) is 22.0. The highest BCUT2D eigenvalue weighted by Gasteiger charge is 2.29. The third-order valence-electron chi connectivity index (χ3n) is 6.31. The summed E-state index contributed by atoms with van der Waals surface area (Å²) in [5.41, 5.74) is 1.42. The van der Waals surface area contributed by atoms with Crippen LogP contribution in [0.5, 0.6) is 0 Å². The number of halogens is 2. The van der Waals surface area contributed by atoms with Crippen molar-refractivity contribution in [1.29, 1.82) is 0 Å². The first-order valence-electron chi connectivity index (χ1n) is 10.8. The van der Waals surface area contributed by atoms with E-state index >= 15 is 0 Å². The predicted molar refractivity (Wildman–Crippen MR) is 125 cm³/mol. The molecule has 1 N–H and O–H groups in total. The van der Waals surface area contributed by atoms with Crippen LogP contribution in [0.4, 0.5) is 11.5 Å². The predicted octanol–water partition coefficient (Wildman–Crippen LogP) is 4.72. The summed E-state index contributed by atoms with van der Waals surface area (Å²) < 4.78 is 5.51. The van der Waals surface area contributed by atoms with Crippen molar-refractivity contribution in [2.75, 3.05) is 43.6 Å². The molecule has 1 amide bonds. The number of nitrogens with zero attached hydrogens (tertiary/aromatic N) is 3. The van der Waals surface area contributed by atoms with Crippen molar-refractivity contribution < 1.29 is 9.53 Å². The van der Waals surface area contributed by atoms with Gasteiger partial charge in [0, 0.05) is 62.3 Å². The Hall–Kier alpha value is -1.86. The Morgan fingerprint density at radius 1 is 1.10 bits per heavy atom. The zero-order valence-corrected chi connectivity index (χ0v) is 19.2. The first-order valence-corrected chi connectivity index (χ1v) is 11.5. The summed E-state index contributed by atoms with van der Waals surface area (Å²) in [5, 5.41) is 3.90. The standard InChI is InChI=1S/C23H28Cl2N4O2/c1-28(18-6-10-29(11-7-18)19-8-12-31-13-9-19)21-4-2-16(24)14-20(21)23(30)27-22-5-3-17(25)15-26-22/h2-5,14-15,18-19H,6-13H2,1H3,(H,26,27,30). The van der Waals surface area contributed by atoms with E-state index in [1.807, 2.05) is 12.1 Å². The largest absolute Gasteiger partial charge is 0.381 e. The minimum Gasteiger partial charge on any atom is -0.381 e. The van der Waals surface area contributed by atoms with E-state index in [9.17, 15) is 4.79 Å². The minimum absolute atomic E-state index is 0.237. The first kappa shape index (κ1) is 22.3. The van der Waals surface area contributed by atoms with Crippen molar-refractivity contribution in [2.24, 2.45) is 0 Å². The van der Waals surface area contributed by atoms with E-state index in [0.29, 0.717) is 33.5 Å². The van der Waals surface area contributed by atoms with E-state index in [4.69, 9.17) is 27.9 Å². The van der Waals surface area contributed by atoms with Gasteiger partial charge in [0.05, 0.1) is 10.6 Å². The number of benzene rings is 1. The Balaban J connectivity index is 1.45. The Morgan fingerprint density at radius 3 is 2.48 bits per heavy atom. The number of piperidine rings is 1. The van der Waals surface area contributed by atoms with Gasteiger partial charge in [0.15, 0.2) is 0 Å². The van der Waals surface area contributed by atoms with Crippen LogP contribution in [0.3, 0.4) is 0 Å². The number of hydrogen-bond donors (Lipinski definition) is 1. The molecule has 2 aliphatic rings. The molecular weight excluding hydrogens is 435 g/mol. The highest BCUT2D eigenvalue weighted by atomic mass is 35.5. The molecule has 6 nitrogen and oxygen atoms in total. The molecule has 2 saturated heterocycles. The van der Waals surface area contributed by atoms with Gasteiger partial charge in [0.25, 0.3) is 5.91 Å². The zero-order valence-electron chi connectivity index (χ0n) is 17.7. The van der Waals surface area contributed by atoms with Gasteiger partial charge in [-0.15, -0.1) is 0 Å². The fourth-order valence-corrected chi connectivity index (χ4v) is 4.80. The van der Waals surface area contributed by atoms with Gasteiger partial charge in [-0.3, -0.25) is 4.79 Å². The second kappa shape index (κ2) is 10.2. The van der Waals surface area contributed by atoms with Gasteiger partial charge >= 0.3 is 0 Å². The van der Waals surface area contributed by atoms with Gasteiger partial charge < -0.3 is 19.9 Å². The molecule has 0 spiro atoms. The molecule has 2 fully saturated rings. The van der Waals surface area contributed by atoms with E-state index in [0.717, 1.165) is 57.7 Å². The molecule has 2 aromatic rings. The smallest absolute Gasteiger partial charge is 0.258 e. The summed E-state index contributed by atoms with van der Waals surface area (Å²) in [6.45, 7) is 3.89. The number of carbonyl (C=O) groups excluding carboxylic acids is 1. The molecule has 8 heteroatoms. The molecule has 31 heavy (non-hydrogen) atoms. The number of pyridine rings is 1. The van der Waals surface area contributed by atoms with Crippen molar-refractivity contribution in [1.82, 2.24) is 9.88 Å². The quantitative estimate of drug-likeness (QED) is 0.696. The lowest BCUT2D eigenvalue weighted by molar-refractivity contribution is 0.0253. The number of likely N-dealkylation sites (tertiary alicyclic amines) is 1.